The first-order chi connectivity index (χ1) is 12.3. The number of benzene rings is 1. The molecule has 1 N–H and O–H groups in total. The van der Waals surface area contributed by atoms with E-state index in [1.54, 1.807) is 28.8 Å². The van der Waals surface area contributed by atoms with Crippen molar-refractivity contribution in [3.63, 3.8) is 0 Å². The summed E-state index contributed by atoms with van der Waals surface area (Å²) in [5.74, 6) is -1.41. The number of hydrogen-bond donors (Lipinski definition) is 1. The number of nitrogens with zero attached hydrogens (tertiary/aromatic N) is 2. The lowest BCUT2D eigenvalue weighted by molar-refractivity contribution is -0.145. The molecule has 0 aromatic heterocycles. The van der Waals surface area contributed by atoms with Crippen LogP contribution in [0.2, 0.25) is 5.02 Å². The van der Waals surface area contributed by atoms with Gasteiger partial charge in [0.2, 0.25) is 5.91 Å². The summed E-state index contributed by atoms with van der Waals surface area (Å²) < 4.78 is 0. The summed E-state index contributed by atoms with van der Waals surface area (Å²) in [5.41, 5.74) is 0.478. The monoisotopic (exact) mass is 398 g/mol. The van der Waals surface area contributed by atoms with E-state index in [4.69, 9.17) is 16.7 Å². The van der Waals surface area contributed by atoms with Crippen LogP contribution >= 0.6 is 23.4 Å². The zero-order valence-electron chi connectivity index (χ0n) is 14.9. The molecule has 1 aliphatic heterocycles. The van der Waals surface area contributed by atoms with E-state index in [9.17, 15) is 14.4 Å². The van der Waals surface area contributed by atoms with Crippen LogP contribution in [-0.2, 0) is 9.59 Å². The van der Waals surface area contributed by atoms with E-state index in [-0.39, 0.29) is 24.4 Å². The van der Waals surface area contributed by atoms with Crippen molar-refractivity contribution >= 4 is 41.1 Å². The van der Waals surface area contributed by atoms with E-state index in [1.807, 2.05) is 12.3 Å². The first-order valence-electron chi connectivity index (χ1n) is 8.45. The molecule has 1 atom stereocenters. The number of thioether (sulfide) groups is 1. The molecule has 1 aromatic carbocycles. The molecule has 2 rings (SSSR count). The van der Waals surface area contributed by atoms with Crippen LogP contribution < -0.4 is 0 Å². The van der Waals surface area contributed by atoms with Gasteiger partial charge in [0.05, 0.1) is 10.6 Å². The standard InChI is InChI=1S/C18H23ClN2O4S/c1-12(22)21(11-17(23)24)13-4-3-8-20(9-7-13)18(25)15-10-14(26-2)5-6-16(15)19/h5-6,10,13H,3-4,7-9,11H2,1-2H3,(H,23,24). The lowest BCUT2D eigenvalue weighted by atomic mass is 10.1. The Balaban J connectivity index is 2.11. The zero-order chi connectivity index (χ0) is 19.3. The Morgan fingerprint density at radius 2 is 2.04 bits per heavy atom. The zero-order valence-corrected chi connectivity index (χ0v) is 16.5. The average molecular weight is 399 g/mol. The third-order valence-corrected chi connectivity index (χ3v) is 5.59. The van der Waals surface area contributed by atoms with Gasteiger partial charge in [-0.25, -0.2) is 0 Å². The summed E-state index contributed by atoms with van der Waals surface area (Å²) in [6.45, 7) is 2.10. The summed E-state index contributed by atoms with van der Waals surface area (Å²) >= 11 is 7.76. The fourth-order valence-electron chi connectivity index (χ4n) is 3.20. The molecule has 142 valence electrons. The number of hydrogen-bond acceptors (Lipinski definition) is 4. The molecule has 0 aliphatic carbocycles. The Hall–Kier alpha value is -1.73. The fraction of sp³-hybridized carbons (Fsp3) is 0.500. The number of aliphatic carboxylic acids is 1. The lowest BCUT2D eigenvalue weighted by Gasteiger charge is -2.29. The molecule has 6 nitrogen and oxygen atoms in total. The molecule has 1 aliphatic rings. The van der Waals surface area contributed by atoms with Crippen LogP contribution in [0.15, 0.2) is 23.1 Å². The highest BCUT2D eigenvalue weighted by Gasteiger charge is 2.28. The van der Waals surface area contributed by atoms with Gasteiger partial charge in [-0.05, 0) is 43.7 Å². The van der Waals surface area contributed by atoms with E-state index < -0.39 is 5.97 Å². The van der Waals surface area contributed by atoms with E-state index in [0.29, 0.717) is 42.9 Å². The largest absolute Gasteiger partial charge is 0.480 e. The fourth-order valence-corrected chi connectivity index (χ4v) is 3.84. The molecule has 2 amide bonds. The predicted molar refractivity (Wildman–Crippen MR) is 102 cm³/mol. The molecular formula is C18H23ClN2O4S. The number of halogens is 1. The van der Waals surface area contributed by atoms with Gasteiger partial charge in [0.1, 0.15) is 6.54 Å². The third-order valence-electron chi connectivity index (χ3n) is 4.54. The number of likely N-dealkylation sites (tertiary alicyclic amines) is 1. The van der Waals surface area contributed by atoms with Gasteiger partial charge < -0.3 is 14.9 Å². The van der Waals surface area contributed by atoms with Gasteiger partial charge in [0, 0.05) is 31.0 Å². The Kier molecular flexibility index (Phi) is 7.34. The molecule has 1 saturated heterocycles. The normalized spacial score (nSPS) is 17.5. The summed E-state index contributed by atoms with van der Waals surface area (Å²) in [7, 11) is 0. The van der Waals surface area contributed by atoms with E-state index >= 15 is 0 Å². The van der Waals surface area contributed by atoms with Crippen molar-refractivity contribution in [2.24, 2.45) is 0 Å². The minimum Gasteiger partial charge on any atom is -0.480 e. The van der Waals surface area contributed by atoms with Crippen LogP contribution in [0, 0.1) is 0 Å². The predicted octanol–water partition coefficient (Wildman–Crippen LogP) is 2.99. The topological polar surface area (TPSA) is 77.9 Å². The van der Waals surface area contributed by atoms with Gasteiger partial charge in [-0.3, -0.25) is 14.4 Å². The SMILES string of the molecule is CSc1ccc(Cl)c(C(=O)N2CCCC(N(CC(=O)O)C(C)=O)CC2)c1. The minimum absolute atomic E-state index is 0.126. The van der Waals surface area contributed by atoms with Gasteiger partial charge in [0.25, 0.3) is 5.91 Å². The van der Waals surface area contributed by atoms with Gasteiger partial charge in [-0.2, -0.15) is 0 Å². The highest BCUT2D eigenvalue weighted by Crippen LogP contribution is 2.26. The van der Waals surface area contributed by atoms with E-state index in [0.717, 1.165) is 4.90 Å². The first kappa shape index (κ1) is 20.6. The van der Waals surface area contributed by atoms with Crippen LogP contribution in [0.5, 0.6) is 0 Å². The Morgan fingerprint density at radius 1 is 1.31 bits per heavy atom. The minimum atomic E-state index is -1.03. The van der Waals surface area contributed by atoms with Crippen molar-refractivity contribution in [1.82, 2.24) is 9.80 Å². The van der Waals surface area contributed by atoms with Crippen LogP contribution in [0.1, 0.15) is 36.5 Å². The highest BCUT2D eigenvalue weighted by atomic mass is 35.5. The van der Waals surface area contributed by atoms with Crippen molar-refractivity contribution in [3.8, 4) is 0 Å². The smallest absolute Gasteiger partial charge is 0.323 e. The Labute approximate surface area is 162 Å². The van der Waals surface area contributed by atoms with Crippen LogP contribution in [0.4, 0.5) is 0 Å². The van der Waals surface area contributed by atoms with Crippen molar-refractivity contribution in [1.29, 1.82) is 0 Å². The van der Waals surface area contributed by atoms with Gasteiger partial charge in [0.15, 0.2) is 0 Å². The number of amides is 2. The summed E-state index contributed by atoms with van der Waals surface area (Å²) in [4.78, 5) is 39.8. The van der Waals surface area contributed by atoms with Crippen LogP contribution in [0.3, 0.4) is 0 Å². The Morgan fingerprint density at radius 3 is 2.65 bits per heavy atom. The highest BCUT2D eigenvalue weighted by molar-refractivity contribution is 7.98. The van der Waals surface area contributed by atoms with Crippen molar-refractivity contribution in [2.75, 3.05) is 25.9 Å². The number of rotatable bonds is 5. The van der Waals surface area contributed by atoms with E-state index in [1.165, 1.54) is 11.8 Å². The number of carboxylic acids is 1. The maximum Gasteiger partial charge on any atom is 0.323 e. The average Bonchev–Trinajstić information content (AvgIpc) is 2.85. The van der Waals surface area contributed by atoms with Crippen LogP contribution in [0.25, 0.3) is 0 Å². The quantitative estimate of drug-likeness (QED) is 0.771. The summed E-state index contributed by atoms with van der Waals surface area (Å²) in [6.07, 6.45) is 3.88. The van der Waals surface area contributed by atoms with Crippen LogP contribution in [-0.4, -0.2) is 64.6 Å². The molecule has 1 aromatic rings. The van der Waals surface area contributed by atoms with Gasteiger partial charge in [-0.15, -0.1) is 11.8 Å². The third kappa shape index (κ3) is 5.14. The summed E-state index contributed by atoms with van der Waals surface area (Å²) in [5, 5.41) is 9.45. The number of carboxylic acid groups (broad SMARTS) is 1. The van der Waals surface area contributed by atoms with Crippen molar-refractivity contribution in [3.05, 3.63) is 28.8 Å². The Bertz CT molecular complexity index is 698. The van der Waals surface area contributed by atoms with Gasteiger partial charge in [-0.1, -0.05) is 11.6 Å². The van der Waals surface area contributed by atoms with Crippen molar-refractivity contribution < 1.29 is 19.5 Å². The molecule has 0 bridgehead atoms. The molecule has 0 spiro atoms. The molecule has 1 unspecified atom stereocenters. The maximum atomic E-state index is 12.9. The molecule has 1 fully saturated rings. The lowest BCUT2D eigenvalue weighted by Crippen LogP contribution is -2.43. The van der Waals surface area contributed by atoms with Gasteiger partial charge >= 0.3 is 5.97 Å². The molecule has 0 radical (unpaired) electrons. The number of carbonyl (C=O) groups excluding carboxylic acids is 2. The molecule has 8 heteroatoms. The first-order valence-corrected chi connectivity index (χ1v) is 10.1. The van der Waals surface area contributed by atoms with Crippen molar-refractivity contribution in [2.45, 2.75) is 37.1 Å². The van der Waals surface area contributed by atoms with E-state index in [2.05, 4.69) is 0 Å². The maximum absolute atomic E-state index is 12.9. The summed E-state index contributed by atoms with van der Waals surface area (Å²) in [6, 6.07) is 5.23. The second kappa shape index (κ2) is 9.28. The molecular weight excluding hydrogens is 376 g/mol. The molecule has 26 heavy (non-hydrogen) atoms. The number of carbonyl (C=O) groups is 3. The second-order valence-electron chi connectivity index (χ2n) is 6.26. The second-order valence-corrected chi connectivity index (χ2v) is 7.55. The molecule has 0 saturated carbocycles. The molecule has 1 heterocycles.